The minimum Gasteiger partial charge on any atom is -0.0622 e. The van der Waals surface area contributed by atoms with Crippen LogP contribution in [-0.2, 0) is 0 Å². The third kappa shape index (κ3) is 4.00. The fourth-order valence-corrected chi connectivity index (χ4v) is 7.55. The Morgan fingerprint density at radius 3 is 1.40 bits per heavy atom. The highest BCUT2D eigenvalue weighted by molar-refractivity contribution is 6.28. The molecule has 0 fully saturated rings. The molecule has 0 saturated carbocycles. The summed E-state index contributed by atoms with van der Waals surface area (Å²) in [5, 5.41) is 5.22. The van der Waals surface area contributed by atoms with Crippen molar-refractivity contribution in [2.24, 2.45) is 0 Å². The van der Waals surface area contributed by atoms with Crippen LogP contribution in [0, 0.1) is 6.92 Å². The second kappa shape index (κ2) is 10.2. The van der Waals surface area contributed by atoms with E-state index in [0.29, 0.717) is 0 Å². The van der Waals surface area contributed by atoms with Gasteiger partial charge in [0.15, 0.2) is 0 Å². The van der Waals surface area contributed by atoms with Crippen molar-refractivity contribution in [3.63, 3.8) is 0 Å². The van der Waals surface area contributed by atoms with Crippen LogP contribution in [0.1, 0.15) is 5.56 Å². The van der Waals surface area contributed by atoms with Crippen molar-refractivity contribution in [3.05, 3.63) is 169 Å². The predicted molar refractivity (Wildman–Crippen MR) is 192 cm³/mol. The molecule has 0 atom stereocenters. The topological polar surface area (TPSA) is 0 Å². The molecule has 0 bridgehead atoms. The third-order valence-corrected chi connectivity index (χ3v) is 9.44. The first-order valence-electron chi connectivity index (χ1n) is 15.7. The van der Waals surface area contributed by atoms with Crippen molar-refractivity contribution in [1.82, 2.24) is 0 Å². The summed E-state index contributed by atoms with van der Waals surface area (Å²) >= 11 is 0. The van der Waals surface area contributed by atoms with E-state index in [1.54, 1.807) is 0 Å². The highest BCUT2D eigenvalue weighted by atomic mass is 14.3. The summed E-state index contributed by atoms with van der Waals surface area (Å²) in [5.41, 5.74) is 16.7. The minimum atomic E-state index is 1.24. The van der Waals surface area contributed by atoms with Gasteiger partial charge >= 0.3 is 0 Å². The molecule has 0 heteroatoms. The second-order valence-corrected chi connectivity index (χ2v) is 12.1. The Kier molecular flexibility index (Phi) is 5.83. The largest absolute Gasteiger partial charge is 0.0622 e. The van der Waals surface area contributed by atoms with Crippen molar-refractivity contribution in [2.45, 2.75) is 6.92 Å². The lowest BCUT2D eigenvalue weighted by atomic mass is 9.82. The quantitative estimate of drug-likeness (QED) is 0.197. The molecule has 0 heterocycles. The van der Waals surface area contributed by atoms with Crippen LogP contribution < -0.4 is 0 Å². The zero-order valence-corrected chi connectivity index (χ0v) is 25.1. The van der Waals surface area contributed by atoms with Gasteiger partial charge in [-0.05, 0) is 101 Å². The molecule has 0 spiro atoms. The zero-order valence-electron chi connectivity index (χ0n) is 25.1. The first kappa shape index (κ1) is 25.7. The highest BCUT2D eigenvalue weighted by Crippen LogP contribution is 2.58. The number of hydrogen-bond donors (Lipinski definition) is 0. The van der Waals surface area contributed by atoms with Crippen LogP contribution in [0.25, 0.3) is 88.3 Å². The number of aryl methyl sites for hydroxylation is 1. The van der Waals surface area contributed by atoms with Crippen molar-refractivity contribution in [2.75, 3.05) is 0 Å². The molecule has 1 aliphatic carbocycles. The smallest absolute Gasteiger partial charge is 0.000741 e. The summed E-state index contributed by atoms with van der Waals surface area (Å²) in [6, 6.07) is 60.2. The molecule has 0 unspecified atom stereocenters. The molecule has 8 aromatic carbocycles. The van der Waals surface area contributed by atoms with Crippen LogP contribution in [0.3, 0.4) is 0 Å². The Morgan fingerprint density at radius 2 is 0.756 bits per heavy atom. The molecule has 210 valence electrons. The van der Waals surface area contributed by atoms with E-state index in [9.17, 15) is 0 Å². The number of rotatable bonds is 4. The van der Waals surface area contributed by atoms with E-state index in [2.05, 4.69) is 171 Å². The van der Waals surface area contributed by atoms with Gasteiger partial charge in [-0.2, -0.15) is 0 Å². The molecule has 0 N–H and O–H groups in total. The summed E-state index contributed by atoms with van der Waals surface area (Å²) in [7, 11) is 0. The Bertz CT molecular complexity index is 2320. The SMILES string of the molecule is Cc1cccc(-c2cccc(-c3ccc4c5c(cccc35)-c3c-4c(-c4ccccc4)c4ccccc4c3-c3ccccc3)c2)c1. The fourth-order valence-electron chi connectivity index (χ4n) is 7.55. The summed E-state index contributed by atoms with van der Waals surface area (Å²) < 4.78 is 0. The summed E-state index contributed by atoms with van der Waals surface area (Å²) in [5.74, 6) is 0. The van der Waals surface area contributed by atoms with Crippen LogP contribution in [0.2, 0.25) is 0 Å². The average Bonchev–Trinajstić information content (AvgIpc) is 3.43. The van der Waals surface area contributed by atoms with Gasteiger partial charge in [-0.1, -0.05) is 163 Å². The van der Waals surface area contributed by atoms with Crippen molar-refractivity contribution in [3.8, 4) is 66.8 Å². The Labute approximate surface area is 263 Å². The van der Waals surface area contributed by atoms with Gasteiger partial charge in [-0.15, -0.1) is 0 Å². The average molecular weight is 571 g/mol. The maximum absolute atomic E-state index is 2.38. The molecule has 0 aromatic heterocycles. The van der Waals surface area contributed by atoms with E-state index < -0.39 is 0 Å². The van der Waals surface area contributed by atoms with E-state index in [1.807, 2.05) is 0 Å². The highest BCUT2D eigenvalue weighted by Gasteiger charge is 2.31. The van der Waals surface area contributed by atoms with Crippen LogP contribution in [-0.4, -0.2) is 0 Å². The van der Waals surface area contributed by atoms with E-state index >= 15 is 0 Å². The van der Waals surface area contributed by atoms with Crippen LogP contribution in [0.15, 0.2) is 164 Å². The van der Waals surface area contributed by atoms with Gasteiger partial charge in [-0.3, -0.25) is 0 Å². The lowest BCUT2D eigenvalue weighted by Gasteiger charge is -2.20. The van der Waals surface area contributed by atoms with Gasteiger partial charge in [0.05, 0.1) is 0 Å². The molecular weight excluding hydrogens is 540 g/mol. The van der Waals surface area contributed by atoms with Crippen molar-refractivity contribution < 1.29 is 0 Å². The third-order valence-electron chi connectivity index (χ3n) is 9.44. The Balaban J connectivity index is 1.37. The standard InChI is InChI=1S/C45H30/c1-29-13-10-18-32(27-29)33-19-11-20-34(28-33)35-25-26-40-43-36(35)23-12-24-39(43)44-41(30-14-4-2-5-15-30)37-21-8-9-22-38(37)42(45(40)44)31-16-6-3-7-17-31/h2-28H,1H3. The molecule has 0 nitrogen and oxygen atoms in total. The molecule has 0 radical (unpaired) electrons. The monoisotopic (exact) mass is 570 g/mol. The minimum absolute atomic E-state index is 1.24. The van der Waals surface area contributed by atoms with Gasteiger partial charge in [-0.25, -0.2) is 0 Å². The molecule has 1 aliphatic rings. The lowest BCUT2D eigenvalue weighted by molar-refractivity contribution is 1.47. The zero-order chi connectivity index (χ0) is 29.9. The molecule has 0 amide bonds. The Morgan fingerprint density at radius 1 is 0.289 bits per heavy atom. The summed E-state index contributed by atoms with van der Waals surface area (Å²) in [6.07, 6.45) is 0. The number of hydrogen-bond acceptors (Lipinski definition) is 0. The second-order valence-electron chi connectivity index (χ2n) is 12.1. The van der Waals surface area contributed by atoms with Crippen molar-refractivity contribution in [1.29, 1.82) is 0 Å². The van der Waals surface area contributed by atoms with Gasteiger partial charge in [0.25, 0.3) is 0 Å². The maximum atomic E-state index is 2.38. The predicted octanol–water partition coefficient (Wildman–Crippen LogP) is 12.6. The molecule has 9 rings (SSSR count). The molecule has 0 saturated heterocycles. The van der Waals surface area contributed by atoms with Crippen LogP contribution in [0.5, 0.6) is 0 Å². The van der Waals surface area contributed by atoms with E-state index in [0.717, 1.165) is 0 Å². The van der Waals surface area contributed by atoms with E-state index in [-0.39, 0.29) is 0 Å². The first-order valence-corrected chi connectivity index (χ1v) is 15.7. The van der Waals surface area contributed by atoms with Gasteiger partial charge in [0.1, 0.15) is 0 Å². The number of fused-ring (bicyclic) bond motifs is 4. The van der Waals surface area contributed by atoms with Crippen LogP contribution in [0.4, 0.5) is 0 Å². The fraction of sp³-hybridized carbons (Fsp3) is 0.0222. The van der Waals surface area contributed by atoms with Crippen LogP contribution >= 0.6 is 0 Å². The summed E-state index contributed by atoms with van der Waals surface area (Å²) in [4.78, 5) is 0. The van der Waals surface area contributed by atoms with Gasteiger partial charge in [0, 0.05) is 0 Å². The first-order chi connectivity index (χ1) is 22.3. The van der Waals surface area contributed by atoms with Gasteiger partial charge in [0.2, 0.25) is 0 Å². The molecule has 45 heavy (non-hydrogen) atoms. The maximum Gasteiger partial charge on any atom is -0.000741 e. The molecule has 8 aromatic rings. The van der Waals surface area contributed by atoms with E-state index in [1.165, 1.54) is 93.9 Å². The summed E-state index contributed by atoms with van der Waals surface area (Å²) in [6.45, 7) is 2.16. The van der Waals surface area contributed by atoms with Gasteiger partial charge < -0.3 is 0 Å². The number of benzene rings is 8. The molecular formula is C45H30. The van der Waals surface area contributed by atoms with Crippen molar-refractivity contribution >= 4 is 21.5 Å². The lowest BCUT2D eigenvalue weighted by Crippen LogP contribution is -1.93. The normalized spacial score (nSPS) is 11.7. The van der Waals surface area contributed by atoms with E-state index in [4.69, 9.17) is 0 Å². The Hall–Kier alpha value is -5.72. The molecule has 0 aliphatic heterocycles.